The second kappa shape index (κ2) is 11.4. The molecule has 0 aliphatic carbocycles. The minimum atomic E-state index is -4.64. The molecule has 16 heavy (non-hydrogen) atoms. The first-order chi connectivity index (χ1) is 6.27. The van der Waals surface area contributed by atoms with Gasteiger partial charge in [-0.1, -0.05) is 19.9 Å². The Morgan fingerprint density at radius 1 is 0.938 bits per heavy atom. The molecule has 0 atom stereocenters. The lowest BCUT2D eigenvalue weighted by Crippen LogP contribution is -1.71. The van der Waals surface area contributed by atoms with Crippen LogP contribution in [0.1, 0.15) is 13.8 Å². The summed E-state index contributed by atoms with van der Waals surface area (Å²) >= 11 is 0. The number of allylic oxidation sites excluding steroid dienone is 1. The number of hydrogen-bond donors (Lipinski definition) is 7. The molecule has 9 nitrogen and oxygen atoms in total. The fourth-order valence-corrected chi connectivity index (χ4v) is 0. The average Bonchev–Trinajstić information content (AvgIpc) is 1.79. The first-order valence-electron chi connectivity index (χ1n) is 3.46. The molecule has 9 N–H and O–H groups in total. The normalized spacial score (nSPS) is 10.1. The Kier molecular flexibility index (Phi) is 17.8. The van der Waals surface area contributed by atoms with Crippen molar-refractivity contribution in [2.24, 2.45) is 5.92 Å². The van der Waals surface area contributed by atoms with Gasteiger partial charge in [0.1, 0.15) is 0 Å². The summed E-state index contributed by atoms with van der Waals surface area (Å²) in [4.78, 5) is 43.1. The van der Waals surface area contributed by atoms with Crippen molar-refractivity contribution >= 4 is 15.6 Å². The summed E-state index contributed by atoms with van der Waals surface area (Å²) in [7, 11) is -9.28. The molecule has 11 heteroatoms. The highest BCUT2D eigenvalue weighted by molar-refractivity contribution is 7.45. The molecular weight excluding hydrogens is 264 g/mol. The Morgan fingerprint density at radius 3 is 1.00 bits per heavy atom. The van der Waals surface area contributed by atoms with E-state index in [4.69, 9.17) is 38.5 Å². The van der Waals surface area contributed by atoms with Gasteiger partial charge in [0.2, 0.25) is 0 Å². The van der Waals surface area contributed by atoms with Crippen LogP contribution in [-0.4, -0.2) is 29.4 Å². The van der Waals surface area contributed by atoms with Crippen LogP contribution < -0.4 is 6.15 Å². The van der Waals surface area contributed by atoms with E-state index in [1.165, 1.54) is 0 Å². The summed E-state index contributed by atoms with van der Waals surface area (Å²) in [6, 6.07) is 0. The number of rotatable bonds is 1. The lowest BCUT2D eigenvalue weighted by molar-refractivity contribution is 0.272. The highest BCUT2D eigenvalue weighted by atomic mass is 31.2. The highest BCUT2D eigenvalue weighted by Crippen LogP contribution is 2.26. The van der Waals surface area contributed by atoms with Gasteiger partial charge in [-0.15, -0.1) is 6.58 Å². The maximum Gasteiger partial charge on any atom is 0.466 e. The third-order valence-electron chi connectivity index (χ3n) is 0.471. The van der Waals surface area contributed by atoms with E-state index in [9.17, 15) is 0 Å². The summed E-state index contributed by atoms with van der Waals surface area (Å²) in [6.07, 6.45) is 1.92. The van der Waals surface area contributed by atoms with Crippen molar-refractivity contribution in [1.82, 2.24) is 6.15 Å². The van der Waals surface area contributed by atoms with E-state index in [1.54, 1.807) is 0 Å². The molecule has 0 bridgehead atoms. The largest absolute Gasteiger partial charge is 0.466 e. The molecule has 0 aromatic carbocycles. The predicted molar refractivity (Wildman–Crippen MR) is 58.6 cm³/mol. The molecule has 0 fully saturated rings. The van der Waals surface area contributed by atoms with E-state index in [0.717, 1.165) is 0 Å². The van der Waals surface area contributed by atoms with Gasteiger partial charge in [0.05, 0.1) is 0 Å². The van der Waals surface area contributed by atoms with Gasteiger partial charge < -0.3 is 35.5 Å². The van der Waals surface area contributed by atoms with Crippen molar-refractivity contribution in [3.05, 3.63) is 12.7 Å². The van der Waals surface area contributed by atoms with Gasteiger partial charge in [0.25, 0.3) is 0 Å². The summed E-state index contributed by atoms with van der Waals surface area (Å²) in [5, 5.41) is 0. The number of phosphoric acid groups is 2. The quantitative estimate of drug-likeness (QED) is 0.259. The third kappa shape index (κ3) is 630. The van der Waals surface area contributed by atoms with Gasteiger partial charge in [-0.2, -0.15) is 0 Å². The van der Waals surface area contributed by atoms with Crippen molar-refractivity contribution in [2.45, 2.75) is 13.8 Å². The Bertz CT molecular complexity index is 206. The first kappa shape index (κ1) is 24.9. The molecule has 0 aromatic heterocycles. The van der Waals surface area contributed by atoms with Crippen LogP contribution in [0.2, 0.25) is 0 Å². The van der Waals surface area contributed by atoms with E-state index in [2.05, 4.69) is 20.4 Å². The molecule has 102 valence electrons. The molecule has 0 rings (SSSR count). The van der Waals surface area contributed by atoms with Gasteiger partial charge >= 0.3 is 15.6 Å². The lowest BCUT2D eigenvalue weighted by atomic mass is 10.2. The monoisotopic (exact) mass is 283 g/mol. The standard InChI is InChI=1S/C5H10.H3N.2H3O4P/c1-4-5(2)3;;2*1-5(2,3)4/h4-5H,1H2,2-3H3;1H3;2*(H3,1,2,3,4). The van der Waals surface area contributed by atoms with Gasteiger partial charge in [0, 0.05) is 0 Å². The molecule has 0 aromatic rings. The molecule has 0 saturated heterocycles. The van der Waals surface area contributed by atoms with Crippen molar-refractivity contribution in [3.8, 4) is 0 Å². The zero-order chi connectivity index (χ0) is 13.3. The van der Waals surface area contributed by atoms with Gasteiger partial charge in [-0.25, -0.2) is 9.13 Å². The fourth-order valence-electron chi connectivity index (χ4n) is 0. The van der Waals surface area contributed by atoms with Crippen LogP contribution in [-0.2, 0) is 9.13 Å². The molecule has 0 aliphatic rings. The average molecular weight is 283 g/mol. The third-order valence-corrected chi connectivity index (χ3v) is 0.471. The van der Waals surface area contributed by atoms with E-state index in [1.807, 2.05) is 6.08 Å². The molecule has 0 spiro atoms. The summed E-state index contributed by atoms with van der Waals surface area (Å²) in [5.41, 5.74) is 0. The van der Waals surface area contributed by atoms with Crippen LogP contribution in [0.4, 0.5) is 0 Å². The maximum atomic E-state index is 8.88. The summed E-state index contributed by atoms with van der Waals surface area (Å²) in [5.74, 6) is 0.648. The minimum absolute atomic E-state index is 0. The highest BCUT2D eigenvalue weighted by Gasteiger charge is 2.00. The van der Waals surface area contributed by atoms with E-state index >= 15 is 0 Å². The van der Waals surface area contributed by atoms with Crippen molar-refractivity contribution < 1.29 is 38.5 Å². The van der Waals surface area contributed by atoms with Crippen LogP contribution in [0.5, 0.6) is 0 Å². The number of hydrogen-bond acceptors (Lipinski definition) is 3. The smallest absolute Gasteiger partial charge is 0.344 e. The lowest BCUT2D eigenvalue weighted by Gasteiger charge is -1.84. The SMILES string of the molecule is C=CC(C)C.N.O=P(O)(O)O.O=P(O)(O)O. The summed E-state index contributed by atoms with van der Waals surface area (Å²) < 4.78 is 17.8. The molecule has 0 amide bonds. The topological polar surface area (TPSA) is 191 Å². The van der Waals surface area contributed by atoms with Crippen LogP contribution in [0.25, 0.3) is 0 Å². The first-order valence-corrected chi connectivity index (χ1v) is 6.59. The maximum absolute atomic E-state index is 8.88. The minimum Gasteiger partial charge on any atom is -0.344 e. The van der Waals surface area contributed by atoms with Gasteiger partial charge in [0.15, 0.2) is 0 Å². The molecule has 0 heterocycles. The summed E-state index contributed by atoms with van der Waals surface area (Å²) in [6.45, 7) is 7.77. The van der Waals surface area contributed by atoms with Gasteiger partial charge in [-0.3, -0.25) is 0 Å². The van der Waals surface area contributed by atoms with E-state index in [-0.39, 0.29) is 6.15 Å². The Morgan fingerprint density at radius 2 is 1.00 bits per heavy atom. The fraction of sp³-hybridized carbons (Fsp3) is 0.600. The molecule has 0 unspecified atom stereocenters. The van der Waals surface area contributed by atoms with Crippen LogP contribution in [0.15, 0.2) is 12.7 Å². The Hall–Kier alpha value is -0.0800. The van der Waals surface area contributed by atoms with Crippen molar-refractivity contribution in [3.63, 3.8) is 0 Å². The molecular formula is C5H19NO8P2. The Labute approximate surface area is 93.5 Å². The zero-order valence-electron chi connectivity index (χ0n) is 8.96. The van der Waals surface area contributed by atoms with Gasteiger partial charge in [-0.05, 0) is 5.92 Å². The van der Waals surface area contributed by atoms with Crippen LogP contribution in [0.3, 0.4) is 0 Å². The van der Waals surface area contributed by atoms with E-state index in [0.29, 0.717) is 5.92 Å². The molecule has 0 radical (unpaired) electrons. The Balaban J connectivity index is -0.0000000655. The van der Waals surface area contributed by atoms with Crippen molar-refractivity contribution in [2.75, 3.05) is 0 Å². The van der Waals surface area contributed by atoms with Crippen molar-refractivity contribution in [1.29, 1.82) is 0 Å². The zero-order valence-corrected chi connectivity index (χ0v) is 10.8. The molecule has 0 aliphatic heterocycles. The second-order valence-corrected chi connectivity index (χ2v) is 4.56. The van der Waals surface area contributed by atoms with Crippen LogP contribution in [0, 0.1) is 5.92 Å². The van der Waals surface area contributed by atoms with E-state index < -0.39 is 15.6 Å². The predicted octanol–water partition coefficient (Wildman–Crippen LogP) is 0.133. The second-order valence-electron chi connectivity index (χ2n) is 2.51. The molecule has 0 saturated carbocycles. The van der Waals surface area contributed by atoms with Crippen LogP contribution >= 0.6 is 15.6 Å².